The number of fused-ring (bicyclic) bond motifs is 4. The van der Waals surface area contributed by atoms with Gasteiger partial charge in [-0.25, -0.2) is 0 Å². The molecule has 0 aliphatic heterocycles. The smallest absolute Gasteiger partial charge is 0.0631 e. The predicted molar refractivity (Wildman–Crippen MR) is 227 cm³/mol. The van der Waals surface area contributed by atoms with E-state index in [1.165, 1.54) is 79.6 Å². The third kappa shape index (κ3) is 5.91. The van der Waals surface area contributed by atoms with Gasteiger partial charge >= 0.3 is 0 Å². The number of rotatable bonds is 7. The minimum absolute atomic E-state index is 0.248. The zero-order valence-electron chi connectivity index (χ0n) is 30.8. The highest BCUT2D eigenvalue weighted by atomic mass is 15.2. The van der Waals surface area contributed by atoms with Crippen LogP contribution in [0, 0.1) is 11.8 Å². The summed E-state index contributed by atoms with van der Waals surface area (Å²) in [5, 5.41) is 2.65. The van der Waals surface area contributed by atoms with Gasteiger partial charge in [0.2, 0.25) is 0 Å². The normalized spacial score (nSPS) is 22.2. The van der Waals surface area contributed by atoms with Gasteiger partial charge in [0.1, 0.15) is 0 Å². The topological polar surface area (TPSA) is 6.48 Å². The van der Waals surface area contributed by atoms with Gasteiger partial charge in [0.15, 0.2) is 0 Å². The molecule has 3 atom stereocenters. The number of benzene rings is 4. The van der Waals surface area contributed by atoms with Crippen LogP contribution in [0.4, 0.5) is 17.1 Å². The van der Waals surface area contributed by atoms with Crippen LogP contribution in [0.2, 0.25) is 0 Å². The number of allylic oxidation sites excluding steroid dienone is 13. The van der Waals surface area contributed by atoms with Gasteiger partial charge in [-0.05, 0) is 120 Å². The SMILES string of the molecule is C1=CC2=C3CCC=CC3=CC(N(C3=CCCCC3)c3ccc(-c4ccc(N(C5=c6ccccc6=C6C=CC=CC6C5)c5ccccc5)cc4)cc3)C2C=C1. The summed E-state index contributed by atoms with van der Waals surface area (Å²) in [6.07, 6.45) is 36.2. The molecule has 0 radical (unpaired) electrons. The van der Waals surface area contributed by atoms with E-state index < -0.39 is 0 Å². The molecule has 6 aliphatic rings. The lowest BCUT2D eigenvalue weighted by atomic mass is 9.74. The van der Waals surface area contributed by atoms with Crippen LogP contribution >= 0.6 is 0 Å². The maximum Gasteiger partial charge on any atom is 0.0631 e. The number of nitrogens with zero attached hydrogens (tertiary/aromatic N) is 2. The van der Waals surface area contributed by atoms with Crippen LogP contribution in [0.15, 0.2) is 198 Å². The summed E-state index contributed by atoms with van der Waals surface area (Å²) in [6.45, 7) is 0. The van der Waals surface area contributed by atoms with E-state index in [-0.39, 0.29) is 6.04 Å². The molecule has 3 unspecified atom stereocenters. The Labute approximate surface area is 319 Å². The van der Waals surface area contributed by atoms with Gasteiger partial charge in [0, 0.05) is 45.5 Å². The summed E-state index contributed by atoms with van der Waals surface area (Å²) in [5.74, 6) is 0.721. The number of hydrogen-bond acceptors (Lipinski definition) is 2. The Morgan fingerprint density at radius 3 is 2.04 bits per heavy atom. The second-order valence-corrected chi connectivity index (χ2v) is 15.3. The largest absolute Gasteiger partial charge is 0.338 e. The predicted octanol–water partition coefficient (Wildman–Crippen LogP) is 11.6. The minimum atomic E-state index is 0.248. The van der Waals surface area contributed by atoms with Crippen LogP contribution in [0.5, 0.6) is 0 Å². The molecular weight excluding hydrogens is 653 g/mol. The molecule has 0 fully saturated rings. The molecule has 0 amide bonds. The molecule has 0 spiro atoms. The Morgan fingerprint density at radius 1 is 0.556 bits per heavy atom. The van der Waals surface area contributed by atoms with Gasteiger partial charge in [-0.1, -0.05) is 140 Å². The average molecular weight is 699 g/mol. The third-order valence-corrected chi connectivity index (χ3v) is 12.2. The number of para-hydroxylation sites is 1. The maximum absolute atomic E-state index is 2.67. The van der Waals surface area contributed by atoms with E-state index in [4.69, 9.17) is 0 Å². The van der Waals surface area contributed by atoms with Crippen LogP contribution in [-0.4, -0.2) is 6.04 Å². The Hall–Kier alpha value is -5.86. The average Bonchev–Trinajstić information content (AvgIpc) is 3.25. The highest BCUT2D eigenvalue weighted by molar-refractivity contribution is 5.84. The first-order valence-electron chi connectivity index (χ1n) is 20.0. The van der Waals surface area contributed by atoms with E-state index in [0.717, 1.165) is 32.1 Å². The van der Waals surface area contributed by atoms with Gasteiger partial charge in [-0.15, -0.1) is 0 Å². The summed E-state index contributed by atoms with van der Waals surface area (Å²) in [4.78, 5) is 5.15. The van der Waals surface area contributed by atoms with Crippen molar-refractivity contribution in [3.05, 3.63) is 209 Å². The summed E-state index contributed by atoms with van der Waals surface area (Å²) in [6, 6.07) is 38.7. The van der Waals surface area contributed by atoms with Crippen molar-refractivity contribution in [3.63, 3.8) is 0 Å². The Kier molecular flexibility index (Phi) is 8.60. The van der Waals surface area contributed by atoms with Crippen molar-refractivity contribution >= 4 is 28.3 Å². The molecule has 0 saturated heterocycles. The van der Waals surface area contributed by atoms with E-state index in [2.05, 4.69) is 186 Å². The molecule has 0 saturated carbocycles. The van der Waals surface area contributed by atoms with E-state index >= 15 is 0 Å². The van der Waals surface area contributed by atoms with Crippen molar-refractivity contribution in [1.82, 2.24) is 0 Å². The van der Waals surface area contributed by atoms with E-state index in [9.17, 15) is 0 Å². The second kappa shape index (κ2) is 14.2. The van der Waals surface area contributed by atoms with Crippen LogP contribution in [0.1, 0.15) is 44.9 Å². The molecule has 6 aliphatic carbocycles. The van der Waals surface area contributed by atoms with Gasteiger partial charge in [0.25, 0.3) is 0 Å². The van der Waals surface area contributed by atoms with Crippen LogP contribution in [-0.2, 0) is 0 Å². The van der Waals surface area contributed by atoms with Crippen molar-refractivity contribution in [1.29, 1.82) is 0 Å². The van der Waals surface area contributed by atoms with Crippen LogP contribution in [0.3, 0.4) is 0 Å². The molecule has 0 aromatic heterocycles. The van der Waals surface area contributed by atoms with Crippen molar-refractivity contribution < 1.29 is 0 Å². The number of hydrogen-bond donors (Lipinski definition) is 0. The lowest BCUT2D eigenvalue weighted by molar-refractivity contribution is 0.577. The molecule has 2 nitrogen and oxygen atoms in total. The summed E-state index contributed by atoms with van der Waals surface area (Å²) in [7, 11) is 0. The fourth-order valence-electron chi connectivity index (χ4n) is 9.62. The highest BCUT2D eigenvalue weighted by Gasteiger charge is 2.35. The third-order valence-electron chi connectivity index (χ3n) is 12.2. The molecule has 0 N–H and O–H groups in total. The molecule has 0 heterocycles. The Balaban J connectivity index is 1.00. The summed E-state index contributed by atoms with van der Waals surface area (Å²) in [5.41, 5.74) is 14.8. The first-order chi connectivity index (χ1) is 26.8. The van der Waals surface area contributed by atoms with Gasteiger partial charge in [0.05, 0.1) is 6.04 Å². The van der Waals surface area contributed by atoms with Crippen molar-refractivity contribution in [3.8, 4) is 11.1 Å². The standard InChI is InChI=1S/C52H46N2/c1-3-17-41(18-4-1)53(51-35-39-15-7-9-21-45(39)47-23-11-13-25-49(47)51)43-31-27-37(28-32-43)38-29-33-44(34-30-38)54(42-19-5-2-6-20-42)52-36-40-16-8-10-22-46(40)48-24-12-14-26-50(48)52/h1,3-4,7-9,11-19,21,23-34,36,39,50,52H,2,5-6,10,20,22,35H2. The second-order valence-electron chi connectivity index (χ2n) is 15.3. The molecular formula is C52H46N2. The molecule has 10 rings (SSSR count). The fourth-order valence-corrected chi connectivity index (χ4v) is 9.62. The van der Waals surface area contributed by atoms with Gasteiger partial charge in [-0.2, -0.15) is 0 Å². The zero-order valence-corrected chi connectivity index (χ0v) is 30.8. The van der Waals surface area contributed by atoms with Crippen molar-refractivity contribution in [2.24, 2.45) is 11.8 Å². The molecule has 4 aromatic rings. The van der Waals surface area contributed by atoms with Crippen LogP contribution in [0.25, 0.3) is 22.4 Å². The first kappa shape index (κ1) is 32.8. The molecule has 2 heteroatoms. The van der Waals surface area contributed by atoms with Crippen LogP contribution < -0.4 is 20.2 Å². The summed E-state index contributed by atoms with van der Waals surface area (Å²) >= 11 is 0. The molecule has 0 bridgehead atoms. The Bertz CT molecular complexity index is 2460. The molecule has 4 aromatic carbocycles. The zero-order chi connectivity index (χ0) is 35.8. The lowest BCUT2D eigenvalue weighted by Crippen LogP contribution is -2.42. The lowest BCUT2D eigenvalue weighted by Gasteiger charge is -2.43. The van der Waals surface area contributed by atoms with Gasteiger partial charge in [-0.3, -0.25) is 0 Å². The van der Waals surface area contributed by atoms with Crippen molar-refractivity contribution in [2.45, 2.75) is 51.0 Å². The Morgan fingerprint density at radius 2 is 1.26 bits per heavy atom. The van der Waals surface area contributed by atoms with Gasteiger partial charge < -0.3 is 9.80 Å². The summed E-state index contributed by atoms with van der Waals surface area (Å²) < 4.78 is 0. The first-order valence-corrected chi connectivity index (χ1v) is 20.0. The molecule has 54 heavy (non-hydrogen) atoms. The maximum atomic E-state index is 2.67. The minimum Gasteiger partial charge on any atom is -0.338 e. The quantitative estimate of drug-likeness (QED) is 0.190. The van der Waals surface area contributed by atoms with Crippen molar-refractivity contribution in [2.75, 3.05) is 9.80 Å². The number of anilines is 3. The molecule has 264 valence electrons. The van der Waals surface area contributed by atoms with E-state index in [0.29, 0.717) is 11.8 Å². The highest BCUT2D eigenvalue weighted by Crippen LogP contribution is 2.44. The van der Waals surface area contributed by atoms with E-state index in [1.54, 1.807) is 5.57 Å². The van der Waals surface area contributed by atoms with E-state index in [1.807, 2.05) is 0 Å². The monoisotopic (exact) mass is 698 g/mol. The fraction of sp³-hybridized carbons (Fsp3) is 0.192.